The van der Waals surface area contributed by atoms with E-state index >= 15 is 0 Å². The number of ketones is 4. The molecule has 4 saturated heterocycles. The number of methoxy groups -OCH3 is 2. The highest BCUT2D eigenvalue weighted by atomic mass is 31.2. The summed E-state index contributed by atoms with van der Waals surface area (Å²) in [4.78, 5) is 86.7. The Morgan fingerprint density at radius 2 is 0.800 bits per heavy atom. The van der Waals surface area contributed by atoms with Crippen LogP contribution in [0.5, 0.6) is 0 Å². The van der Waals surface area contributed by atoms with E-state index in [4.69, 9.17) is 61.4 Å². The molecule has 105 heavy (non-hydrogen) atoms. The summed E-state index contributed by atoms with van der Waals surface area (Å²) in [7, 11) is -0.307. The smallest absolute Gasteiger partial charge is 0.268 e. The molecule has 2 amide bonds. The van der Waals surface area contributed by atoms with Gasteiger partial charge in [0, 0.05) is 142 Å². The van der Waals surface area contributed by atoms with Crippen LogP contribution in [-0.2, 0) is 99.2 Å². The summed E-state index contributed by atoms with van der Waals surface area (Å²) in [5, 5.41) is 94.6. The fourth-order valence-electron chi connectivity index (χ4n) is 12.0. The molecule has 34 heteroatoms. The Hall–Kier alpha value is -3.11. The Morgan fingerprint density at radius 3 is 1.15 bits per heavy atom. The monoisotopic (exact) mass is 1540 g/mol. The molecule has 33 nitrogen and oxygen atoms in total. The number of unbranched alkanes of at least 4 members (excludes halogenated alkanes) is 7. The number of hydrogen-bond donors (Lipinski definition) is 11. The Balaban J connectivity index is 0.00000157. The highest BCUT2D eigenvalue weighted by molar-refractivity contribution is 7.45. The van der Waals surface area contributed by atoms with Gasteiger partial charge >= 0.3 is 0 Å². The number of Topliss-reactive ketones (excluding diaryl/α,β-unsaturated/α-hetero) is 4. The number of amides is 2. The van der Waals surface area contributed by atoms with Crippen LogP contribution in [-0.4, -0.2) is 300 Å². The van der Waals surface area contributed by atoms with Gasteiger partial charge in [-0.1, -0.05) is 40.5 Å². The summed E-state index contributed by atoms with van der Waals surface area (Å²) in [6.07, 6.45) is -2.39. The standard InChI is InChI=1S/C63H112N2O24.C8H17O7P/c1-42-54(75)57(78)49(36-66)87-60(42)84-30-14-11-22-45(69)18-7-5-9-20-47(71)25-33-81-39-63(4,40-82-34-26-48(72)21-10-6-8-19-46(70)23-12-15-31-85-61-43(2)55(76)58(79)50(37-67)88-61)41-83-35-27-53(74)65-29-17-28-64-52(73)24-13-16-32-86-62-44(3)56(77)59(80)51(38-68)89-62;1-11-4-7-8(6(12-2)5-14-7)15-16(9,10)13-3/h42-44,49-51,54-62,66-68,75-80H,5-41H2,1-4H3,(H,64,73)(H,65,74);6-8H,4-5H2,1-3H3,(H,9,10)/p-1/t;6-,7-,8?/m.1/s1. The third-order valence-corrected chi connectivity index (χ3v) is 19.9. The molecule has 0 aromatic heterocycles. The van der Waals surface area contributed by atoms with Crippen LogP contribution in [0.2, 0.25) is 0 Å². The highest BCUT2D eigenvalue weighted by Crippen LogP contribution is 2.42. The van der Waals surface area contributed by atoms with E-state index in [0.717, 1.165) is 20.0 Å². The molecule has 0 saturated carbocycles. The number of hydrogen-bond acceptors (Lipinski definition) is 31. The first-order chi connectivity index (χ1) is 50.2. The van der Waals surface area contributed by atoms with Crippen LogP contribution in [0.3, 0.4) is 0 Å². The van der Waals surface area contributed by atoms with E-state index < -0.39 is 143 Å². The van der Waals surface area contributed by atoms with Gasteiger partial charge < -0.3 is 127 Å². The summed E-state index contributed by atoms with van der Waals surface area (Å²) in [6.45, 7) is 8.70. The average Bonchev–Trinajstić information content (AvgIpc) is 1.75. The number of phosphoric ester groups is 1. The lowest BCUT2D eigenvalue weighted by atomic mass is 9.92. The lowest BCUT2D eigenvalue weighted by Gasteiger charge is -2.40. The normalized spacial score (nSPS) is 28.8. The molecule has 4 heterocycles. The van der Waals surface area contributed by atoms with E-state index in [2.05, 4.69) is 15.2 Å². The van der Waals surface area contributed by atoms with Crippen molar-refractivity contribution < 1.29 is 150 Å². The van der Waals surface area contributed by atoms with Gasteiger partial charge in [-0.25, -0.2) is 0 Å². The van der Waals surface area contributed by atoms with Crippen molar-refractivity contribution >= 4 is 42.8 Å². The molecular formula is C71H128N2O31P-. The van der Waals surface area contributed by atoms with E-state index in [9.17, 15) is 84.2 Å². The van der Waals surface area contributed by atoms with Gasteiger partial charge in [-0.05, 0) is 70.6 Å². The zero-order valence-electron chi connectivity index (χ0n) is 62.9. The lowest BCUT2D eigenvalue weighted by molar-refractivity contribution is -0.282. The molecule has 0 aliphatic carbocycles. The minimum absolute atomic E-state index is 0.0406. The second kappa shape index (κ2) is 54.5. The van der Waals surface area contributed by atoms with Crippen molar-refractivity contribution in [1.29, 1.82) is 0 Å². The van der Waals surface area contributed by atoms with E-state index in [1.54, 1.807) is 20.8 Å². The van der Waals surface area contributed by atoms with Crippen molar-refractivity contribution in [2.75, 3.05) is 127 Å². The van der Waals surface area contributed by atoms with E-state index in [1.807, 2.05) is 6.92 Å². The third-order valence-electron chi connectivity index (χ3n) is 18.9. The fourth-order valence-corrected chi connectivity index (χ4v) is 12.7. The Kier molecular flexibility index (Phi) is 49.9. The van der Waals surface area contributed by atoms with Gasteiger partial charge in [0.25, 0.3) is 7.82 Å². The average molecular weight is 1540 g/mol. The van der Waals surface area contributed by atoms with Crippen molar-refractivity contribution in [2.45, 2.75) is 267 Å². The number of carbonyl (C=O) groups is 6. The van der Waals surface area contributed by atoms with Crippen LogP contribution in [0.1, 0.15) is 175 Å². The van der Waals surface area contributed by atoms with Gasteiger partial charge in [-0.2, -0.15) is 0 Å². The Bertz CT molecular complexity index is 2220. The van der Waals surface area contributed by atoms with Gasteiger partial charge in [0.15, 0.2) is 18.9 Å². The summed E-state index contributed by atoms with van der Waals surface area (Å²) < 4.78 is 87.4. The largest absolute Gasteiger partial charge is 0.756 e. The van der Waals surface area contributed by atoms with Gasteiger partial charge in [0.05, 0.1) is 91.0 Å². The van der Waals surface area contributed by atoms with Gasteiger partial charge in [0.1, 0.15) is 78.1 Å². The molecule has 4 aliphatic heterocycles. The van der Waals surface area contributed by atoms with Crippen LogP contribution in [0.15, 0.2) is 0 Å². The predicted molar refractivity (Wildman–Crippen MR) is 373 cm³/mol. The maximum Gasteiger partial charge on any atom is 0.268 e. The van der Waals surface area contributed by atoms with Crippen molar-refractivity contribution in [1.82, 2.24) is 10.6 Å². The molecule has 17 unspecified atom stereocenters. The van der Waals surface area contributed by atoms with Crippen LogP contribution in [0, 0.1) is 23.2 Å². The SMILES string of the molecule is CC1C(OCCCCC(=O)CCCCCC(=O)CCOCC(C)(COCCC(=O)CCCCCC(=O)CCCCOC2OC(CO)C(O)C(O)C2C)COCCC(=O)NCCCNC(=O)CCCCOC2OC(CO)C(O)C(O)C2C)OC(CO)C(O)C1O.COC[C@H]1OC[C@@H](OC)C1OP(=O)([O-])OC. The zero-order valence-corrected chi connectivity index (χ0v) is 63.8. The van der Waals surface area contributed by atoms with Gasteiger partial charge in [-0.3, -0.25) is 33.3 Å². The summed E-state index contributed by atoms with van der Waals surface area (Å²) in [5.74, 6) is -1.49. The molecule has 4 rings (SSSR count). The summed E-state index contributed by atoms with van der Waals surface area (Å²) in [6, 6.07) is 0. The van der Waals surface area contributed by atoms with E-state index in [1.165, 1.54) is 14.2 Å². The van der Waals surface area contributed by atoms with Crippen LogP contribution in [0.4, 0.5) is 0 Å². The number of phosphoric acid groups is 1. The molecule has 0 radical (unpaired) electrons. The molecular weight excluding hydrogens is 1410 g/mol. The van der Waals surface area contributed by atoms with Crippen molar-refractivity contribution in [3.8, 4) is 0 Å². The first-order valence-corrected chi connectivity index (χ1v) is 38.9. The van der Waals surface area contributed by atoms with Crippen molar-refractivity contribution in [2.24, 2.45) is 23.2 Å². The maximum atomic E-state index is 12.8. The molecule has 11 N–H and O–H groups in total. The van der Waals surface area contributed by atoms with Crippen LogP contribution >= 0.6 is 7.82 Å². The van der Waals surface area contributed by atoms with E-state index in [-0.39, 0.29) is 120 Å². The topological polar surface area (TPSA) is 478 Å². The predicted octanol–water partition coefficient (Wildman–Crippen LogP) is 1.35. The number of carbonyl (C=O) groups excluding carboxylic acids is 6. The molecule has 614 valence electrons. The van der Waals surface area contributed by atoms with Crippen molar-refractivity contribution in [3.05, 3.63) is 0 Å². The Morgan fingerprint density at radius 1 is 0.457 bits per heavy atom. The van der Waals surface area contributed by atoms with Crippen LogP contribution < -0.4 is 15.5 Å². The molecule has 19 atom stereocenters. The zero-order chi connectivity index (χ0) is 77.7. The molecule has 0 aromatic rings. The molecule has 0 bridgehead atoms. The minimum Gasteiger partial charge on any atom is -0.756 e. The Labute approximate surface area is 618 Å². The third kappa shape index (κ3) is 38.1. The van der Waals surface area contributed by atoms with Gasteiger partial charge in [0.2, 0.25) is 11.8 Å². The first kappa shape index (κ1) is 96.1. The number of nitrogens with one attached hydrogen (secondary N) is 2. The van der Waals surface area contributed by atoms with Gasteiger partial charge in [-0.15, -0.1) is 0 Å². The number of aliphatic hydroxyl groups excluding tert-OH is 9. The molecule has 0 spiro atoms. The fraction of sp³-hybridized carbons (Fsp3) is 0.915. The number of rotatable bonds is 58. The highest BCUT2D eigenvalue weighted by Gasteiger charge is 2.45. The second-order valence-corrected chi connectivity index (χ2v) is 29.5. The molecule has 0 aromatic carbocycles. The number of aliphatic hydroxyl groups is 9. The quantitative estimate of drug-likeness (QED) is 0.0302. The molecule has 4 aliphatic rings. The summed E-state index contributed by atoms with van der Waals surface area (Å²) in [5.41, 5.74) is -0.686. The maximum absolute atomic E-state index is 12.8. The minimum atomic E-state index is -4.30. The summed E-state index contributed by atoms with van der Waals surface area (Å²) >= 11 is 0. The van der Waals surface area contributed by atoms with E-state index in [0.29, 0.717) is 135 Å². The second-order valence-electron chi connectivity index (χ2n) is 28.0. The lowest BCUT2D eigenvalue weighted by Crippen LogP contribution is -2.55. The number of ether oxygens (including phenoxy) is 12. The molecule has 4 fully saturated rings. The van der Waals surface area contributed by atoms with Crippen molar-refractivity contribution in [3.63, 3.8) is 0 Å². The van der Waals surface area contributed by atoms with Crippen LogP contribution in [0.25, 0.3) is 0 Å². The first-order valence-electron chi connectivity index (χ1n) is 37.4.